The van der Waals surface area contributed by atoms with Gasteiger partial charge in [0, 0.05) is 40.6 Å². The van der Waals surface area contributed by atoms with E-state index in [2.05, 4.69) is 15.6 Å². The number of nitrogens with zero attached hydrogens (tertiary/aromatic N) is 1. The van der Waals surface area contributed by atoms with Crippen molar-refractivity contribution in [1.82, 2.24) is 20.5 Å². The number of alkyl halides is 2. The van der Waals surface area contributed by atoms with Gasteiger partial charge in [0.15, 0.2) is 5.79 Å². The predicted molar refractivity (Wildman–Crippen MR) is 146 cm³/mol. The second-order valence-electron chi connectivity index (χ2n) is 10.5. The number of nitrogen functional groups attached to an aromatic ring is 1. The van der Waals surface area contributed by atoms with Crippen LogP contribution < -0.4 is 16.4 Å². The summed E-state index contributed by atoms with van der Waals surface area (Å²) in [6, 6.07) is 10.8. The zero-order valence-electron chi connectivity index (χ0n) is 22.3. The molecule has 6 rings (SSSR count). The number of ether oxygens (including phenoxy) is 2. The fourth-order valence-electron chi connectivity index (χ4n) is 5.72. The van der Waals surface area contributed by atoms with E-state index in [9.17, 15) is 23.2 Å². The first-order valence-corrected chi connectivity index (χ1v) is 13.4. The van der Waals surface area contributed by atoms with Crippen LogP contribution in [0.4, 0.5) is 8.78 Å². The van der Waals surface area contributed by atoms with E-state index in [1.807, 2.05) is 0 Å². The highest BCUT2D eigenvalue weighted by molar-refractivity contribution is 5.99. The summed E-state index contributed by atoms with van der Waals surface area (Å²) in [6.07, 6.45) is 1.67. The average molecular weight is 579 g/mol. The molecule has 0 radical (unpaired) electrons. The van der Waals surface area contributed by atoms with Gasteiger partial charge in [-0.05, 0) is 29.3 Å². The van der Waals surface area contributed by atoms with Crippen molar-refractivity contribution in [2.45, 2.75) is 30.7 Å². The van der Waals surface area contributed by atoms with Crippen molar-refractivity contribution in [3.8, 4) is 11.1 Å². The van der Waals surface area contributed by atoms with E-state index >= 15 is 0 Å². The minimum absolute atomic E-state index is 0.00148. The Labute approximate surface area is 238 Å². The first-order valence-electron chi connectivity index (χ1n) is 13.4. The number of nitrogens with one attached hydrogen (secondary N) is 4. The van der Waals surface area contributed by atoms with Crippen LogP contribution in [0.1, 0.15) is 39.2 Å². The number of hydrogen-bond donors (Lipinski definition) is 5. The van der Waals surface area contributed by atoms with Crippen molar-refractivity contribution in [2.24, 2.45) is 5.73 Å². The number of rotatable bonds is 7. The number of nitrogens with two attached hydrogens (primary N) is 1. The predicted octanol–water partition coefficient (Wildman–Crippen LogP) is 1.81. The Bertz CT molecular complexity index is 1600. The van der Waals surface area contributed by atoms with Gasteiger partial charge in [-0.1, -0.05) is 30.3 Å². The molecule has 3 aromatic rings. The minimum atomic E-state index is -3.17. The van der Waals surface area contributed by atoms with Crippen LogP contribution in [0.15, 0.2) is 54.7 Å². The molecule has 6 N–H and O–H groups in total. The highest BCUT2D eigenvalue weighted by Gasteiger charge is 2.52. The Morgan fingerprint density at radius 1 is 1.02 bits per heavy atom. The molecule has 2 aliphatic heterocycles. The van der Waals surface area contributed by atoms with Gasteiger partial charge in [-0.2, -0.15) is 8.78 Å². The van der Waals surface area contributed by atoms with E-state index in [0.717, 1.165) is 0 Å². The summed E-state index contributed by atoms with van der Waals surface area (Å²) in [7, 11) is 0. The van der Waals surface area contributed by atoms with E-state index in [4.69, 9.17) is 20.6 Å². The number of carbonyl (C=O) groups is 3. The molecule has 3 aliphatic rings. The van der Waals surface area contributed by atoms with Crippen molar-refractivity contribution in [2.75, 3.05) is 26.3 Å². The number of amidine groups is 1. The lowest BCUT2D eigenvalue weighted by atomic mass is 10.0. The van der Waals surface area contributed by atoms with Crippen LogP contribution in [0.3, 0.4) is 0 Å². The quantitative estimate of drug-likeness (QED) is 0.212. The van der Waals surface area contributed by atoms with Gasteiger partial charge >= 0.3 is 0 Å². The minimum Gasteiger partial charge on any atom is -0.384 e. The Hall–Kier alpha value is -4.62. The number of aromatic amines is 1. The molecule has 1 atom stereocenters. The molecule has 2 saturated heterocycles. The third-order valence-corrected chi connectivity index (χ3v) is 7.81. The summed E-state index contributed by atoms with van der Waals surface area (Å²) in [5.74, 6) is -5.99. The number of halogens is 2. The molecule has 42 heavy (non-hydrogen) atoms. The zero-order valence-corrected chi connectivity index (χ0v) is 22.3. The van der Waals surface area contributed by atoms with Gasteiger partial charge in [0.25, 0.3) is 11.8 Å². The maximum absolute atomic E-state index is 14.9. The van der Waals surface area contributed by atoms with Gasteiger partial charge in [-0.3, -0.25) is 19.8 Å². The Balaban J connectivity index is 1.13. The number of carbonyl (C=O) groups excluding carboxylic acids is 3. The van der Waals surface area contributed by atoms with E-state index < -0.39 is 42.0 Å². The fraction of sp³-hybridized carbons (Fsp3) is 0.310. The molecule has 11 nitrogen and oxygen atoms in total. The van der Waals surface area contributed by atoms with Crippen LogP contribution in [-0.2, 0) is 31.5 Å². The van der Waals surface area contributed by atoms with Crippen molar-refractivity contribution >= 4 is 23.6 Å². The summed E-state index contributed by atoms with van der Waals surface area (Å²) < 4.78 is 41.3. The first kappa shape index (κ1) is 27.5. The third kappa shape index (κ3) is 4.80. The highest BCUT2D eigenvalue weighted by atomic mass is 19.3. The number of hydrogen-bond acceptors (Lipinski definition) is 6. The lowest BCUT2D eigenvalue weighted by molar-refractivity contribution is -0.152. The molecule has 218 valence electrons. The summed E-state index contributed by atoms with van der Waals surface area (Å²) in [6.45, 7) is 0.326. The summed E-state index contributed by atoms with van der Waals surface area (Å²) in [4.78, 5) is 43.7. The lowest BCUT2D eigenvalue weighted by Crippen LogP contribution is -2.49. The Kier molecular flexibility index (Phi) is 6.78. The molecule has 3 amide bonds. The normalized spacial score (nSPS) is 19.4. The second kappa shape index (κ2) is 10.3. The molecule has 1 aromatic heterocycles. The van der Waals surface area contributed by atoms with Gasteiger partial charge in [0.2, 0.25) is 11.8 Å². The van der Waals surface area contributed by atoms with Gasteiger partial charge < -0.3 is 35.7 Å². The number of amides is 3. The maximum Gasteiger partial charge on any atom is 0.299 e. The fourth-order valence-corrected chi connectivity index (χ4v) is 5.72. The maximum atomic E-state index is 14.9. The van der Waals surface area contributed by atoms with Gasteiger partial charge in [-0.15, -0.1) is 0 Å². The van der Waals surface area contributed by atoms with E-state index in [0.29, 0.717) is 30.0 Å². The van der Waals surface area contributed by atoms with Crippen molar-refractivity contribution in [3.63, 3.8) is 0 Å². The van der Waals surface area contributed by atoms with Crippen LogP contribution in [0, 0.1) is 5.41 Å². The van der Waals surface area contributed by atoms with Gasteiger partial charge in [0.1, 0.15) is 11.9 Å². The number of aromatic nitrogens is 1. The van der Waals surface area contributed by atoms with Crippen LogP contribution in [0.25, 0.3) is 11.1 Å². The average Bonchev–Trinajstić information content (AvgIpc) is 3.77. The number of fused-ring (bicyclic) bond motifs is 3. The van der Waals surface area contributed by atoms with Gasteiger partial charge in [0.05, 0.1) is 32.8 Å². The molecule has 1 spiro atoms. The zero-order chi connectivity index (χ0) is 29.6. The number of benzene rings is 2. The summed E-state index contributed by atoms with van der Waals surface area (Å²) >= 11 is 0. The Morgan fingerprint density at radius 2 is 1.76 bits per heavy atom. The van der Waals surface area contributed by atoms with E-state index in [-0.39, 0.29) is 47.6 Å². The third-order valence-electron chi connectivity index (χ3n) is 7.81. The topological polar surface area (TPSA) is 163 Å². The summed E-state index contributed by atoms with van der Waals surface area (Å²) in [5.41, 5.74) is 7.04. The highest BCUT2D eigenvalue weighted by Crippen LogP contribution is 2.50. The molecule has 13 heteroatoms. The van der Waals surface area contributed by atoms with Crippen LogP contribution in [0.5, 0.6) is 0 Å². The molecule has 1 unspecified atom stereocenters. The standard InChI is InChI=1S/C29H28F2N6O5/c30-29(31)21-4-2-1-3-19(21)20-10-16(5-6-22(20)29)26(39)36-14-24(38)37-15-28(41-7-8-42-28)11-23(37)27(40)35-13-18-9-17(12-34-18)25(32)33/h1-6,9-10,12,23,34H,7-8,11,13-15H2,(H3,32,33)(H,35,40)(H,36,39). The molecule has 1 aliphatic carbocycles. The molecule has 0 bridgehead atoms. The lowest BCUT2D eigenvalue weighted by Gasteiger charge is -2.24. The van der Waals surface area contributed by atoms with Crippen molar-refractivity contribution in [1.29, 1.82) is 5.41 Å². The first-order chi connectivity index (χ1) is 20.1. The van der Waals surface area contributed by atoms with Crippen LogP contribution in [-0.4, -0.2) is 71.6 Å². The Morgan fingerprint density at radius 3 is 2.50 bits per heavy atom. The molecule has 0 saturated carbocycles. The molecule has 3 heterocycles. The number of H-pyrrole nitrogens is 1. The van der Waals surface area contributed by atoms with E-state index in [1.54, 1.807) is 30.5 Å². The van der Waals surface area contributed by atoms with Gasteiger partial charge in [-0.25, -0.2) is 0 Å². The molecular formula is C29H28F2N6O5. The largest absolute Gasteiger partial charge is 0.384 e. The molecule has 2 aromatic carbocycles. The second-order valence-corrected chi connectivity index (χ2v) is 10.5. The summed E-state index contributed by atoms with van der Waals surface area (Å²) in [5, 5.41) is 12.8. The smallest absolute Gasteiger partial charge is 0.299 e. The van der Waals surface area contributed by atoms with Crippen molar-refractivity contribution in [3.05, 3.63) is 82.7 Å². The van der Waals surface area contributed by atoms with E-state index in [1.165, 1.54) is 29.2 Å². The molecular weight excluding hydrogens is 550 g/mol. The van der Waals surface area contributed by atoms with Crippen LogP contribution >= 0.6 is 0 Å². The number of likely N-dealkylation sites (tertiary alicyclic amines) is 1. The monoisotopic (exact) mass is 578 g/mol. The SMILES string of the molecule is N=C(N)c1c[nH]c(CNC(=O)C2CC3(CN2C(=O)CNC(=O)c2ccc4c(c2)-c2ccccc2C4(F)F)OCCO3)c1. The van der Waals surface area contributed by atoms with Crippen LogP contribution in [0.2, 0.25) is 0 Å². The van der Waals surface area contributed by atoms with Crippen molar-refractivity contribution < 1.29 is 32.6 Å². The molecule has 2 fully saturated rings.